The molecule has 0 amide bonds. The lowest BCUT2D eigenvalue weighted by molar-refractivity contribution is 0.239. The van der Waals surface area contributed by atoms with E-state index >= 15 is 0 Å². The van der Waals surface area contributed by atoms with Crippen LogP contribution in [-0.2, 0) is 19.4 Å². The van der Waals surface area contributed by atoms with E-state index < -0.39 is 0 Å². The highest BCUT2D eigenvalue weighted by molar-refractivity contribution is 6.30. The van der Waals surface area contributed by atoms with Crippen LogP contribution in [0.3, 0.4) is 0 Å². The van der Waals surface area contributed by atoms with Gasteiger partial charge in [0.05, 0.1) is 11.8 Å². The third-order valence-electron chi connectivity index (χ3n) is 6.53. The largest absolute Gasteiger partial charge is 0.491 e. The van der Waals surface area contributed by atoms with E-state index in [4.69, 9.17) is 16.3 Å². The minimum atomic E-state index is 0.130. The molecule has 0 spiro atoms. The standard InChI is InChI=1S/C30H31ClN2O/c1-19(2)26-14-23-9-12-25-28(22-7-10-24(31)11-8-22)18-33(17-21-6-5-13-32-16-21)30(25)27(23)15-29(26)34-20(3)4/h5-8,10-11,13-16,18-20H,9,12,17H2,1-4H3. The lowest BCUT2D eigenvalue weighted by atomic mass is 9.84. The molecule has 0 fully saturated rings. The van der Waals surface area contributed by atoms with E-state index in [1.54, 1.807) is 0 Å². The van der Waals surface area contributed by atoms with Gasteiger partial charge in [0.1, 0.15) is 5.75 Å². The number of pyridine rings is 1. The lowest BCUT2D eigenvalue weighted by Gasteiger charge is -2.25. The second-order valence-corrected chi connectivity index (χ2v) is 10.2. The summed E-state index contributed by atoms with van der Waals surface area (Å²) in [5, 5.41) is 0.759. The zero-order valence-electron chi connectivity index (χ0n) is 20.3. The summed E-state index contributed by atoms with van der Waals surface area (Å²) in [7, 11) is 0. The van der Waals surface area contributed by atoms with E-state index in [9.17, 15) is 0 Å². The normalized spacial score (nSPS) is 12.7. The maximum absolute atomic E-state index is 6.32. The molecule has 0 unspecified atom stereocenters. The fourth-order valence-corrected chi connectivity index (χ4v) is 5.12. The number of fused-ring (bicyclic) bond motifs is 3. The molecule has 0 saturated heterocycles. The van der Waals surface area contributed by atoms with Crippen molar-refractivity contribution in [2.45, 2.75) is 59.1 Å². The highest BCUT2D eigenvalue weighted by Crippen LogP contribution is 2.44. The van der Waals surface area contributed by atoms with Crippen molar-refractivity contribution in [3.63, 3.8) is 0 Å². The molecule has 174 valence electrons. The van der Waals surface area contributed by atoms with Crippen molar-refractivity contribution in [3.8, 4) is 28.1 Å². The number of hydrogen-bond acceptors (Lipinski definition) is 2. The Kier molecular flexibility index (Phi) is 6.22. The number of halogens is 1. The van der Waals surface area contributed by atoms with Gasteiger partial charge in [-0.1, -0.05) is 49.7 Å². The average molecular weight is 471 g/mol. The summed E-state index contributed by atoms with van der Waals surface area (Å²) < 4.78 is 8.71. The fourth-order valence-electron chi connectivity index (χ4n) is 5.00. The minimum Gasteiger partial charge on any atom is -0.491 e. The van der Waals surface area contributed by atoms with Gasteiger partial charge in [-0.25, -0.2) is 0 Å². The predicted octanol–water partition coefficient (Wildman–Crippen LogP) is 7.93. The zero-order chi connectivity index (χ0) is 23.8. The molecule has 5 rings (SSSR count). The molecule has 0 aliphatic heterocycles. The molecule has 2 heterocycles. The summed E-state index contributed by atoms with van der Waals surface area (Å²) in [5.41, 5.74) is 10.3. The predicted molar refractivity (Wildman–Crippen MR) is 141 cm³/mol. The summed E-state index contributed by atoms with van der Waals surface area (Å²) in [6.45, 7) is 9.45. The molecule has 0 saturated carbocycles. The quantitative estimate of drug-likeness (QED) is 0.286. The summed E-state index contributed by atoms with van der Waals surface area (Å²) >= 11 is 6.20. The third kappa shape index (κ3) is 4.37. The SMILES string of the molecule is CC(C)Oc1cc2c(cc1C(C)C)CCc1c(-c3ccc(Cl)cc3)cn(Cc3cccnc3)c1-2. The molecule has 2 aromatic carbocycles. The molecule has 0 atom stereocenters. The van der Waals surface area contributed by atoms with Gasteiger partial charge in [-0.15, -0.1) is 0 Å². The van der Waals surface area contributed by atoms with Crippen LogP contribution in [0.4, 0.5) is 0 Å². The Balaban J connectivity index is 1.71. The number of benzene rings is 2. The Morgan fingerprint density at radius 1 is 1.00 bits per heavy atom. The molecule has 1 aliphatic rings. The monoisotopic (exact) mass is 470 g/mol. The molecular formula is C30H31ClN2O. The summed E-state index contributed by atoms with van der Waals surface area (Å²) in [6, 6.07) is 17.0. The summed E-state index contributed by atoms with van der Waals surface area (Å²) in [5.74, 6) is 1.41. The van der Waals surface area contributed by atoms with Crippen molar-refractivity contribution >= 4 is 11.6 Å². The van der Waals surface area contributed by atoms with E-state index in [2.05, 4.69) is 73.8 Å². The Hall–Kier alpha value is -3.04. The smallest absolute Gasteiger partial charge is 0.123 e. The van der Waals surface area contributed by atoms with Crippen LogP contribution in [-0.4, -0.2) is 15.7 Å². The first-order valence-electron chi connectivity index (χ1n) is 12.1. The van der Waals surface area contributed by atoms with Crippen molar-refractivity contribution < 1.29 is 4.74 Å². The average Bonchev–Trinajstić information content (AvgIpc) is 3.18. The number of hydrogen-bond donors (Lipinski definition) is 0. The number of rotatable bonds is 6. The Bertz CT molecular complexity index is 1300. The van der Waals surface area contributed by atoms with E-state index in [0.717, 1.165) is 30.2 Å². The van der Waals surface area contributed by atoms with Gasteiger partial charge in [-0.2, -0.15) is 0 Å². The fraction of sp³-hybridized carbons (Fsp3) is 0.300. The van der Waals surface area contributed by atoms with E-state index in [1.807, 2.05) is 30.6 Å². The number of nitrogens with zero attached hydrogens (tertiary/aromatic N) is 2. The molecular weight excluding hydrogens is 440 g/mol. The third-order valence-corrected chi connectivity index (χ3v) is 6.79. The van der Waals surface area contributed by atoms with Gasteiger partial charge >= 0.3 is 0 Å². The molecule has 1 aliphatic carbocycles. The zero-order valence-corrected chi connectivity index (χ0v) is 21.1. The maximum atomic E-state index is 6.32. The highest BCUT2D eigenvalue weighted by Gasteiger charge is 2.27. The van der Waals surface area contributed by atoms with Crippen LogP contribution in [0.15, 0.2) is 67.1 Å². The van der Waals surface area contributed by atoms with Crippen LogP contribution in [0, 0.1) is 0 Å². The van der Waals surface area contributed by atoms with Gasteiger partial charge in [-0.05, 0) is 84.7 Å². The Morgan fingerprint density at radius 2 is 1.79 bits per heavy atom. The molecule has 3 nitrogen and oxygen atoms in total. The van der Waals surface area contributed by atoms with Crippen molar-refractivity contribution in [2.75, 3.05) is 0 Å². The van der Waals surface area contributed by atoms with Crippen LogP contribution in [0.5, 0.6) is 5.75 Å². The van der Waals surface area contributed by atoms with Crippen molar-refractivity contribution in [2.24, 2.45) is 0 Å². The molecule has 4 heteroatoms. The second kappa shape index (κ2) is 9.31. The van der Waals surface area contributed by atoms with E-state index in [-0.39, 0.29) is 6.10 Å². The first-order valence-corrected chi connectivity index (χ1v) is 12.5. The summed E-state index contributed by atoms with van der Waals surface area (Å²) in [4.78, 5) is 4.34. The molecule has 4 aromatic rings. The summed E-state index contributed by atoms with van der Waals surface area (Å²) in [6.07, 6.45) is 8.25. The molecule has 0 N–H and O–H groups in total. The van der Waals surface area contributed by atoms with Gasteiger partial charge < -0.3 is 9.30 Å². The lowest BCUT2D eigenvalue weighted by Crippen LogP contribution is -2.12. The molecule has 34 heavy (non-hydrogen) atoms. The first kappa shape index (κ1) is 22.7. The second-order valence-electron chi connectivity index (χ2n) is 9.73. The maximum Gasteiger partial charge on any atom is 0.123 e. The number of aromatic nitrogens is 2. The number of ether oxygens (including phenoxy) is 1. The van der Waals surface area contributed by atoms with Gasteiger partial charge in [0.2, 0.25) is 0 Å². The van der Waals surface area contributed by atoms with E-state index in [1.165, 1.54) is 44.6 Å². The topological polar surface area (TPSA) is 27.1 Å². The van der Waals surface area contributed by atoms with Crippen LogP contribution in [0.1, 0.15) is 55.9 Å². The van der Waals surface area contributed by atoms with Crippen LogP contribution in [0.25, 0.3) is 22.4 Å². The Morgan fingerprint density at radius 3 is 2.47 bits per heavy atom. The van der Waals surface area contributed by atoms with Crippen molar-refractivity contribution in [1.29, 1.82) is 0 Å². The number of aryl methyl sites for hydroxylation is 1. The van der Waals surface area contributed by atoms with Crippen LogP contribution in [0.2, 0.25) is 5.02 Å². The van der Waals surface area contributed by atoms with Crippen molar-refractivity contribution in [1.82, 2.24) is 9.55 Å². The van der Waals surface area contributed by atoms with Crippen LogP contribution >= 0.6 is 11.6 Å². The highest BCUT2D eigenvalue weighted by atomic mass is 35.5. The van der Waals surface area contributed by atoms with Gasteiger partial charge in [0.25, 0.3) is 0 Å². The molecule has 0 bridgehead atoms. The van der Waals surface area contributed by atoms with Crippen LogP contribution < -0.4 is 4.74 Å². The van der Waals surface area contributed by atoms with Crippen molar-refractivity contribution in [3.05, 3.63) is 94.4 Å². The van der Waals surface area contributed by atoms with Gasteiger partial charge in [-0.3, -0.25) is 4.98 Å². The minimum absolute atomic E-state index is 0.130. The van der Waals surface area contributed by atoms with Gasteiger partial charge in [0, 0.05) is 41.3 Å². The molecule has 0 radical (unpaired) electrons. The Labute approximate surface area is 207 Å². The molecule has 2 aromatic heterocycles. The first-order chi connectivity index (χ1) is 16.4. The van der Waals surface area contributed by atoms with E-state index in [0.29, 0.717) is 5.92 Å². The van der Waals surface area contributed by atoms with Gasteiger partial charge in [0.15, 0.2) is 0 Å².